The van der Waals surface area contributed by atoms with Crippen molar-refractivity contribution in [2.45, 2.75) is 25.6 Å². The van der Waals surface area contributed by atoms with E-state index in [1.54, 1.807) is 0 Å². The van der Waals surface area contributed by atoms with E-state index in [2.05, 4.69) is 15.5 Å². The Morgan fingerprint density at radius 3 is 2.76 bits per heavy atom. The Labute approximate surface area is 165 Å². The molecule has 1 saturated heterocycles. The van der Waals surface area contributed by atoms with Crippen LogP contribution in [-0.4, -0.2) is 33.6 Å². The largest absolute Gasteiger partial charge is 0.416 e. The molecule has 1 fully saturated rings. The molecular formula is C20H20F3N5O. The van der Waals surface area contributed by atoms with Crippen LogP contribution in [0.3, 0.4) is 0 Å². The first-order valence-electron chi connectivity index (χ1n) is 9.41. The van der Waals surface area contributed by atoms with Gasteiger partial charge in [-0.25, -0.2) is 0 Å². The van der Waals surface area contributed by atoms with Gasteiger partial charge in [0.05, 0.1) is 11.5 Å². The van der Waals surface area contributed by atoms with Gasteiger partial charge in [-0.3, -0.25) is 9.20 Å². The number of nitrogens with one attached hydrogen (secondary N) is 1. The third-order valence-electron chi connectivity index (χ3n) is 5.15. The third-order valence-corrected chi connectivity index (χ3v) is 5.15. The van der Waals surface area contributed by atoms with E-state index in [1.165, 1.54) is 18.2 Å². The number of piperidine rings is 1. The molecule has 6 nitrogen and oxygen atoms in total. The summed E-state index contributed by atoms with van der Waals surface area (Å²) in [6.07, 6.45) is -1.11. The lowest BCUT2D eigenvalue weighted by atomic mass is 9.97. The number of nitrogens with zero attached hydrogens (tertiary/aromatic N) is 4. The Morgan fingerprint density at radius 2 is 1.93 bits per heavy atom. The highest BCUT2D eigenvalue weighted by atomic mass is 19.4. The number of carbonyl (C=O) groups excluding carboxylic acids is 1. The number of rotatable bonds is 4. The van der Waals surface area contributed by atoms with Crippen LogP contribution in [0.15, 0.2) is 48.7 Å². The van der Waals surface area contributed by atoms with Gasteiger partial charge in [-0.05, 0) is 36.6 Å². The van der Waals surface area contributed by atoms with E-state index in [0.29, 0.717) is 18.9 Å². The standard InChI is InChI=1S/C20H20F3N5O/c21-20(22,23)16-8-2-1-6-14(16)12-24-18(29)15-7-5-10-27(13-15)19-26-25-17-9-3-4-11-28(17)19/h1-4,6,8-9,11,15H,5,7,10,12-13H2,(H,24,29)/t15-/m0/s1. The zero-order valence-electron chi connectivity index (χ0n) is 15.6. The monoisotopic (exact) mass is 403 g/mol. The number of alkyl halides is 3. The minimum Gasteiger partial charge on any atom is -0.352 e. The topological polar surface area (TPSA) is 62.5 Å². The van der Waals surface area contributed by atoms with Gasteiger partial charge in [0.25, 0.3) is 0 Å². The van der Waals surface area contributed by atoms with Gasteiger partial charge in [-0.15, -0.1) is 10.2 Å². The number of amides is 1. The van der Waals surface area contributed by atoms with Gasteiger partial charge in [0.2, 0.25) is 11.9 Å². The Morgan fingerprint density at radius 1 is 1.14 bits per heavy atom. The summed E-state index contributed by atoms with van der Waals surface area (Å²) < 4.78 is 41.2. The molecule has 1 aliphatic heterocycles. The van der Waals surface area contributed by atoms with Crippen LogP contribution in [-0.2, 0) is 17.5 Å². The minimum atomic E-state index is -4.45. The number of halogens is 3. The van der Waals surface area contributed by atoms with Crippen molar-refractivity contribution in [2.24, 2.45) is 5.92 Å². The highest BCUT2D eigenvalue weighted by Crippen LogP contribution is 2.32. The number of anilines is 1. The summed E-state index contributed by atoms with van der Waals surface area (Å²) in [7, 11) is 0. The quantitative estimate of drug-likeness (QED) is 0.726. The molecule has 0 bridgehead atoms. The fraction of sp³-hybridized carbons (Fsp3) is 0.350. The molecule has 0 radical (unpaired) electrons. The predicted octanol–water partition coefficient (Wildman–Crippen LogP) is 3.28. The lowest BCUT2D eigenvalue weighted by Gasteiger charge is -2.32. The van der Waals surface area contributed by atoms with E-state index < -0.39 is 11.7 Å². The van der Waals surface area contributed by atoms with Gasteiger partial charge >= 0.3 is 6.18 Å². The van der Waals surface area contributed by atoms with E-state index in [-0.39, 0.29) is 23.9 Å². The maximum absolute atomic E-state index is 13.1. The average Bonchev–Trinajstić information content (AvgIpc) is 3.16. The van der Waals surface area contributed by atoms with Crippen LogP contribution < -0.4 is 10.2 Å². The number of hydrogen-bond donors (Lipinski definition) is 1. The molecule has 152 valence electrons. The van der Waals surface area contributed by atoms with Crippen LogP contribution in [0.25, 0.3) is 5.65 Å². The van der Waals surface area contributed by atoms with Crippen LogP contribution in [0.1, 0.15) is 24.0 Å². The molecule has 0 aliphatic carbocycles. The summed E-state index contributed by atoms with van der Waals surface area (Å²) in [6, 6.07) is 10.9. The van der Waals surface area contributed by atoms with E-state index in [4.69, 9.17) is 0 Å². The van der Waals surface area contributed by atoms with Crippen LogP contribution >= 0.6 is 0 Å². The summed E-state index contributed by atoms with van der Waals surface area (Å²) in [4.78, 5) is 14.6. The minimum absolute atomic E-state index is 0.0597. The van der Waals surface area contributed by atoms with Gasteiger partial charge < -0.3 is 10.2 Å². The average molecular weight is 403 g/mol. The van der Waals surface area contributed by atoms with Crippen molar-refractivity contribution in [2.75, 3.05) is 18.0 Å². The smallest absolute Gasteiger partial charge is 0.352 e. The van der Waals surface area contributed by atoms with E-state index in [0.717, 1.165) is 24.7 Å². The maximum atomic E-state index is 13.1. The summed E-state index contributed by atoms with van der Waals surface area (Å²) in [5, 5.41) is 11.0. The van der Waals surface area contributed by atoms with Crippen molar-refractivity contribution in [1.82, 2.24) is 19.9 Å². The molecule has 1 amide bonds. The molecule has 3 aromatic rings. The fourth-order valence-electron chi connectivity index (χ4n) is 3.69. The van der Waals surface area contributed by atoms with Gasteiger partial charge in [-0.1, -0.05) is 24.3 Å². The number of carbonyl (C=O) groups is 1. The Balaban J connectivity index is 1.44. The van der Waals surface area contributed by atoms with Gasteiger partial charge in [-0.2, -0.15) is 13.2 Å². The molecule has 9 heteroatoms. The van der Waals surface area contributed by atoms with Crippen LogP contribution in [0, 0.1) is 5.92 Å². The zero-order valence-corrected chi connectivity index (χ0v) is 15.6. The zero-order chi connectivity index (χ0) is 20.4. The summed E-state index contributed by atoms with van der Waals surface area (Å²) in [5.41, 5.74) is 0.0581. The molecule has 29 heavy (non-hydrogen) atoms. The molecule has 3 heterocycles. The second kappa shape index (κ2) is 7.73. The molecule has 4 rings (SSSR count). The Bertz CT molecular complexity index is 1020. The summed E-state index contributed by atoms with van der Waals surface area (Å²) in [5.74, 6) is 0.0962. The molecule has 1 N–H and O–H groups in total. The third kappa shape index (κ3) is 4.03. The van der Waals surface area contributed by atoms with Crippen molar-refractivity contribution >= 4 is 17.5 Å². The van der Waals surface area contributed by atoms with E-state index >= 15 is 0 Å². The van der Waals surface area contributed by atoms with Crippen molar-refractivity contribution < 1.29 is 18.0 Å². The Hall–Kier alpha value is -3.10. The van der Waals surface area contributed by atoms with E-state index in [1.807, 2.05) is 33.7 Å². The second-order valence-electron chi connectivity index (χ2n) is 7.09. The summed E-state index contributed by atoms with van der Waals surface area (Å²) >= 11 is 0. The number of benzene rings is 1. The lowest BCUT2D eigenvalue weighted by Crippen LogP contribution is -2.43. The number of fused-ring (bicyclic) bond motifs is 1. The van der Waals surface area contributed by atoms with Crippen LogP contribution in [0.4, 0.5) is 19.1 Å². The first-order valence-corrected chi connectivity index (χ1v) is 9.41. The van der Waals surface area contributed by atoms with Crippen molar-refractivity contribution in [1.29, 1.82) is 0 Å². The van der Waals surface area contributed by atoms with Gasteiger partial charge in [0.1, 0.15) is 0 Å². The molecule has 1 aliphatic rings. The normalized spacial score (nSPS) is 17.5. The first-order chi connectivity index (χ1) is 13.9. The molecule has 0 unspecified atom stereocenters. The first kappa shape index (κ1) is 19.2. The lowest BCUT2D eigenvalue weighted by molar-refractivity contribution is -0.138. The molecule has 2 aromatic heterocycles. The molecule has 1 aromatic carbocycles. The summed E-state index contributed by atoms with van der Waals surface area (Å²) in [6.45, 7) is 1.04. The molecule has 1 atom stereocenters. The molecule has 0 saturated carbocycles. The second-order valence-corrected chi connectivity index (χ2v) is 7.09. The van der Waals surface area contributed by atoms with Crippen LogP contribution in [0.5, 0.6) is 0 Å². The van der Waals surface area contributed by atoms with Crippen molar-refractivity contribution in [3.8, 4) is 0 Å². The fourth-order valence-corrected chi connectivity index (χ4v) is 3.69. The molecule has 0 spiro atoms. The highest BCUT2D eigenvalue weighted by molar-refractivity contribution is 5.79. The highest BCUT2D eigenvalue weighted by Gasteiger charge is 2.33. The molecular weight excluding hydrogens is 383 g/mol. The van der Waals surface area contributed by atoms with Gasteiger partial charge in [0, 0.05) is 25.8 Å². The Kier molecular flexibility index (Phi) is 5.12. The van der Waals surface area contributed by atoms with Gasteiger partial charge in [0.15, 0.2) is 5.65 Å². The predicted molar refractivity (Wildman–Crippen MR) is 101 cm³/mol. The van der Waals surface area contributed by atoms with Crippen LogP contribution in [0.2, 0.25) is 0 Å². The number of hydrogen-bond acceptors (Lipinski definition) is 4. The number of aromatic nitrogens is 3. The van der Waals surface area contributed by atoms with E-state index in [9.17, 15) is 18.0 Å². The number of pyridine rings is 1. The SMILES string of the molecule is O=C(NCc1ccccc1C(F)(F)F)[C@H]1CCCN(c2nnc3ccccn23)C1. The van der Waals surface area contributed by atoms with Crippen molar-refractivity contribution in [3.05, 3.63) is 59.8 Å². The van der Waals surface area contributed by atoms with Crippen molar-refractivity contribution in [3.63, 3.8) is 0 Å². The maximum Gasteiger partial charge on any atom is 0.416 e.